The van der Waals surface area contributed by atoms with Gasteiger partial charge < -0.3 is 9.52 Å². The van der Waals surface area contributed by atoms with Crippen LogP contribution in [0.1, 0.15) is 17.7 Å². The predicted octanol–water partition coefficient (Wildman–Crippen LogP) is 2.76. The number of benzene rings is 1. The maximum absolute atomic E-state index is 10.4. The Bertz CT molecular complexity index is 497. The molecule has 0 bridgehead atoms. The standard InChI is InChI=1S/C12H12O3/c1-8-3-2-4-9-7-10(15-12(8)9)5-6-11(13)14/h2-4,7H,5-6H2,1H3,(H,13,14). The number of hydrogen-bond donors (Lipinski definition) is 1. The first kappa shape index (κ1) is 9.77. The van der Waals surface area contributed by atoms with Crippen molar-refractivity contribution in [3.05, 3.63) is 35.6 Å². The molecule has 0 aliphatic heterocycles. The van der Waals surface area contributed by atoms with Crippen molar-refractivity contribution >= 4 is 16.9 Å². The van der Waals surface area contributed by atoms with Gasteiger partial charge in [0.25, 0.3) is 0 Å². The molecule has 0 amide bonds. The number of fused-ring (bicyclic) bond motifs is 1. The zero-order chi connectivity index (χ0) is 10.8. The Morgan fingerprint density at radius 1 is 1.47 bits per heavy atom. The third kappa shape index (κ3) is 2.01. The number of para-hydroxylation sites is 1. The number of carbonyl (C=O) groups is 1. The maximum Gasteiger partial charge on any atom is 0.303 e. The largest absolute Gasteiger partial charge is 0.481 e. The van der Waals surface area contributed by atoms with Crippen LogP contribution in [-0.4, -0.2) is 11.1 Å². The van der Waals surface area contributed by atoms with E-state index in [0.717, 1.165) is 22.3 Å². The minimum Gasteiger partial charge on any atom is -0.481 e. The number of rotatable bonds is 3. The molecule has 1 aromatic heterocycles. The van der Waals surface area contributed by atoms with Gasteiger partial charge in [0.15, 0.2) is 0 Å². The summed E-state index contributed by atoms with van der Waals surface area (Å²) < 4.78 is 5.59. The van der Waals surface area contributed by atoms with Crippen molar-refractivity contribution in [2.75, 3.05) is 0 Å². The molecule has 0 aliphatic rings. The van der Waals surface area contributed by atoms with Gasteiger partial charge >= 0.3 is 5.97 Å². The van der Waals surface area contributed by atoms with Crippen LogP contribution in [0.15, 0.2) is 28.7 Å². The Balaban J connectivity index is 2.31. The van der Waals surface area contributed by atoms with Crippen molar-refractivity contribution in [2.45, 2.75) is 19.8 Å². The summed E-state index contributed by atoms with van der Waals surface area (Å²) >= 11 is 0. The molecule has 0 fully saturated rings. The summed E-state index contributed by atoms with van der Waals surface area (Å²) in [6.07, 6.45) is 0.558. The van der Waals surface area contributed by atoms with Crippen LogP contribution in [-0.2, 0) is 11.2 Å². The Labute approximate surface area is 87.3 Å². The van der Waals surface area contributed by atoms with Gasteiger partial charge in [0.1, 0.15) is 11.3 Å². The second kappa shape index (κ2) is 3.77. The number of carboxylic acid groups (broad SMARTS) is 1. The molecule has 1 N–H and O–H groups in total. The average Bonchev–Trinajstić information content (AvgIpc) is 2.59. The summed E-state index contributed by atoms with van der Waals surface area (Å²) in [5, 5.41) is 9.60. The molecule has 2 rings (SSSR count). The van der Waals surface area contributed by atoms with E-state index in [1.807, 2.05) is 31.2 Å². The lowest BCUT2D eigenvalue weighted by atomic mass is 10.1. The maximum atomic E-state index is 10.4. The van der Waals surface area contributed by atoms with Crippen LogP contribution < -0.4 is 0 Å². The topological polar surface area (TPSA) is 50.4 Å². The molecule has 2 aromatic rings. The quantitative estimate of drug-likeness (QED) is 0.836. The second-order valence-corrected chi connectivity index (χ2v) is 3.60. The summed E-state index contributed by atoms with van der Waals surface area (Å²) in [5.41, 5.74) is 1.94. The summed E-state index contributed by atoms with van der Waals surface area (Å²) in [5.74, 6) is -0.0612. The third-order valence-electron chi connectivity index (χ3n) is 2.38. The Kier molecular flexibility index (Phi) is 2.46. The minimum atomic E-state index is -0.799. The van der Waals surface area contributed by atoms with Gasteiger partial charge in [-0.25, -0.2) is 0 Å². The van der Waals surface area contributed by atoms with Crippen LogP contribution in [0.3, 0.4) is 0 Å². The molecule has 78 valence electrons. The fourth-order valence-corrected chi connectivity index (χ4v) is 1.62. The average molecular weight is 204 g/mol. The first-order chi connectivity index (χ1) is 7.16. The molecule has 1 heterocycles. The van der Waals surface area contributed by atoms with Crippen LogP contribution in [0.5, 0.6) is 0 Å². The molecule has 0 spiro atoms. The monoisotopic (exact) mass is 204 g/mol. The molecule has 3 nitrogen and oxygen atoms in total. The molecule has 0 unspecified atom stereocenters. The van der Waals surface area contributed by atoms with Gasteiger partial charge in [0.2, 0.25) is 0 Å². The van der Waals surface area contributed by atoms with Gasteiger partial charge in [-0.1, -0.05) is 18.2 Å². The highest BCUT2D eigenvalue weighted by Crippen LogP contribution is 2.23. The minimum absolute atomic E-state index is 0.110. The zero-order valence-corrected chi connectivity index (χ0v) is 8.49. The lowest BCUT2D eigenvalue weighted by Crippen LogP contribution is -1.95. The van der Waals surface area contributed by atoms with Gasteiger partial charge in [-0.3, -0.25) is 4.79 Å². The Hall–Kier alpha value is -1.77. The van der Waals surface area contributed by atoms with Crippen LogP contribution in [0, 0.1) is 6.92 Å². The van der Waals surface area contributed by atoms with E-state index < -0.39 is 5.97 Å². The highest BCUT2D eigenvalue weighted by molar-refractivity contribution is 5.81. The molecule has 0 aliphatic carbocycles. The van der Waals surface area contributed by atoms with Gasteiger partial charge in [0.05, 0.1) is 6.42 Å². The van der Waals surface area contributed by atoms with Crippen molar-refractivity contribution in [2.24, 2.45) is 0 Å². The molecule has 3 heteroatoms. The van der Waals surface area contributed by atoms with E-state index in [9.17, 15) is 4.79 Å². The highest BCUT2D eigenvalue weighted by Gasteiger charge is 2.07. The number of carboxylic acids is 1. The van der Waals surface area contributed by atoms with Crippen molar-refractivity contribution < 1.29 is 14.3 Å². The van der Waals surface area contributed by atoms with E-state index in [1.165, 1.54) is 0 Å². The summed E-state index contributed by atoms with van der Waals surface area (Å²) in [6, 6.07) is 7.82. The van der Waals surface area contributed by atoms with Gasteiger partial charge in [0, 0.05) is 11.8 Å². The summed E-state index contributed by atoms with van der Waals surface area (Å²) in [6.45, 7) is 1.98. The number of furan rings is 1. The molecule has 0 atom stereocenters. The van der Waals surface area contributed by atoms with Crippen molar-refractivity contribution in [3.8, 4) is 0 Å². The van der Waals surface area contributed by atoms with Crippen LogP contribution in [0.2, 0.25) is 0 Å². The first-order valence-electron chi connectivity index (χ1n) is 4.86. The van der Waals surface area contributed by atoms with E-state index in [0.29, 0.717) is 6.42 Å². The first-order valence-corrected chi connectivity index (χ1v) is 4.86. The van der Waals surface area contributed by atoms with E-state index >= 15 is 0 Å². The molecular weight excluding hydrogens is 192 g/mol. The Morgan fingerprint density at radius 2 is 2.27 bits per heavy atom. The van der Waals surface area contributed by atoms with Crippen LogP contribution in [0.25, 0.3) is 11.0 Å². The van der Waals surface area contributed by atoms with Crippen molar-refractivity contribution in [1.82, 2.24) is 0 Å². The fourth-order valence-electron chi connectivity index (χ4n) is 1.62. The van der Waals surface area contributed by atoms with Gasteiger partial charge in [-0.2, -0.15) is 0 Å². The number of aryl methyl sites for hydroxylation is 2. The predicted molar refractivity (Wildman–Crippen MR) is 56.9 cm³/mol. The zero-order valence-electron chi connectivity index (χ0n) is 8.49. The lowest BCUT2D eigenvalue weighted by Gasteiger charge is -1.93. The number of aliphatic carboxylic acids is 1. The van der Waals surface area contributed by atoms with Crippen molar-refractivity contribution in [1.29, 1.82) is 0 Å². The van der Waals surface area contributed by atoms with E-state index in [-0.39, 0.29) is 6.42 Å². The number of hydrogen-bond acceptors (Lipinski definition) is 2. The molecule has 0 radical (unpaired) electrons. The van der Waals surface area contributed by atoms with Gasteiger partial charge in [-0.15, -0.1) is 0 Å². The van der Waals surface area contributed by atoms with E-state index in [1.54, 1.807) is 0 Å². The van der Waals surface area contributed by atoms with Crippen molar-refractivity contribution in [3.63, 3.8) is 0 Å². The SMILES string of the molecule is Cc1cccc2cc(CCC(=O)O)oc12. The van der Waals surface area contributed by atoms with Crippen LogP contribution in [0.4, 0.5) is 0 Å². The normalized spacial score (nSPS) is 10.7. The molecule has 0 saturated carbocycles. The second-order valence-electron chi connectivity index (χ2n) is 3.60. The molecular formula is C12H12O3. The summed E-state index contributed by atoms with van der Waals surface area (Å²) in [7, 11) is 0. The highest BCUT2D eigenvalue weighted by atomic mass is 16.4. The molecule has 15 heavy (non-hydrogen) atoms. The lowest BCUT2D eigenvalue weighted by molar-refractivity contribution is -0.137. The summed E-state index contributed by atoms with van der Waals surface area (Å²) in [4.78, 5) is 10.4. The van der Waals surface area contributed by atoms with Gasteiger partial charge in [-0.05, 0) is 18.6 Å². The van der Waals surface area contributed by atoms with Crippen LogP contribution >= 0.6 is 0 Å². The van der Waals surface area contributed by atoms with E-state index in [2.05, 4.69) is 0 Å². The Morgan fingerprint density at radius 3 is 2.93 bits per heavy atom. The smallest absolute Gasteiger partial charge is 0.303 e. The molecule has 0 saturated heterocycles. The molecule has 1 aromatic carbocycles. The third-order valence-corrected chi connectivity index (χ3v) is 2.38. The van der Waals surface area contributed by atoms with E-state index in [4.69, 9.17) is 9.52 Å². The fraction of sp³-hybridized carbons (Fsp3) is 0.250.